The number of nitrogens with zero attached hydrogens (tertiary/aromatic N) is 2. The van der Waals surface area contributed by atoms with E-state index in [1.807, 2.05) is 32.9 Å². The van der Waals surface area contributed by atoms with Crippen molar-refractivity contribution in [3.05, 3.63) is 29.8 Å². The van der Waals surface area contributed by atoms with Gasteiger partial charge in [0.2, 0.25) is 10.0 Å². The predicted molar refractivity (Wildman–Crippen MR) is 124 cm³/mol. The second-order valence-corrected chi connectivity index (χ2v) is 9.99. The van der Waals surface area contributed by atoms with Crippen LogP contribution in [0.3, 0.4) is 0 Å². The number of aliphatic imine (C=N–C) groups is 1. The third-order valence-corrected chi connectivity index (χ3v) is 7.91. The standard InChI is InChI=1S/C22H40N4O3S/c1-7-22(8-2,14-15-27)17-25-21(23-9-3)24-16-19-10-12-20(13-11-19)30(28,29)26(6)18(4)5/h10-13,18,27H,7-9,14-17H2,1-6H3,(H2,23,24,25). The average molecular weight is 441 g/mol. The van der Waals surface area contributed by atoms with Crippen molar-refractivity contribution in [1.82, 2.24) is 14.9 Å². The average Bonchev–Trinajstić information content (AvgIpc) is 2.74. The first-order chi connectivity index (χ1) is 14.2. The summed E-state index contributed by atoms with van der Waals surface area (Å²) in [4.78, 5) is 4.93. The molecule has 172 valence electrons. The third kappa shape index (κ3) is 7.25. The van der Waals surface area contributed by atoms with Crippen LogP contribution >= 0.6 is 0 Å². The second kappa shape index (κ2) is 12.3. The van der Waals surface area contributed by atoms with Crippen molar-refractivity contribution >= 4 is 16.0 Å². The van der Waals surface area contributed by atoms with Crippen LogP contribution in [0.15, 0.2) is 34.2 Å². The van der Waals surface area contributed by atoms with Gasteiger partial charge in [0.25, 0.3) is 0 Å². The number of nitrogens with one attached hydrogen (secondary N) is 2. The molecule has 0 spiro atoms. The Bertz CT molecular complexity index is 757. The molecule has 0 bridgehead atoms. The summed E-state index contributed by atoms with van der Waals surface area (Å²) in [5, 5.41) is 16.1. The fourth-order valence-electron chi connectivity index (χ4n) is 3.17. The number of benzene rings is 1. The highest BCUT2D eigenvalue weighted by Crippen LogP contribution is 2.29. The first-order valence-corrected chi connectivity index (χ1v) is 12.3. The summed E-state index contributed by atoms with van der Waals surface area (Å²) in [5.74, 6) is 0.720. The van der Waals surface area contributed by atoms with Gasteiger partial charge in [-0.15, -0.1) is 0 Å². The molecule has 1 rings (SSSR count). The van der Waals surface area contributed by atoms with Gasteiger partial charge in [0.05, 0.1) is 11.4 Å². The normalized spacial score (nSPS) is 13.2. The lowest BCUT2D eigenvalue weighted by molar-refractivity contribution is 0.169. The molecule has 0 saturated carbocycles. The Labute approximate surface area is 183 Å². The molecule has 0 saturated heterocycles. The molecule has 0 aliphatic heterocycles. The van der Waals surface area contributed by atoms with Crippen LogP contribution in [0.2, 0.25) is 0 Å². The molecule has 0 aliphatic carbocycles. The van der Waals surface area contributed by atoms with E-state index in [0.29, 0.717) is 6.54 Å². The maximum Gasteiger partial charge on any atom is 0.243 e. The van der Waals surface area contributed by atoms with Crippen LogP contribution in [-0.2, 0) is 16.6 Å². The van der Waals surface area contributed by atoms with Crippen molar-refractivity contribution in [2.45, 2.75) is 71.4 Å². The van der Waals surface area contributed by atoms with Crippen LogP contribution in [0, 0.1) is 5.41 Å². The van der Waals surface area contributed by atoms with E-state index in [0.717, 1.165) is 43.9 Å². The Kier molecular flexibility index (Phi) is 10.8. The molecule has 0 atom stereocenters. The number of guanidine groups is 1. The zero-order valence-electron chi connectivity index (χ0n) is 19.4. The van der Waals surface area contributed by atoms with E-state index in [2.05, 4.69) is 29.5 Å². The smallest absolute Gasteiger partial charge is 0.243 e. The van der Waals surface area contributed by atoms with Crippen molar-refractivity contribution in [1.29, 1.82) is 0 Å². The monoisotopic (exact) mass is 440 g/mol. The summed E-state index contributed by atoms with van der Waals surface area (Å²) in [5.41, 5.74) is 0.981. The minimum Gasteiger partial charge on any atom is -0.396 e. The number of hydrogen-bond acceptors (Lipinski definition) is 4. The van der Waals surface area contributed by atoms with Gasteiger partial charge < -0.3 is 15.7 Å². The third-order valence-electron chi connectivity index (χ3n) is 5.86. The molecule has 8 heteroatoms. The maximum atomic E-state index is 12.6. The van der Waals surface area contributed by atoms with Gasteiger partial charge in [0.1, 0.15) is 0 Å². The molecular weight excluding hydrogens is 400 g/mol. The summed E-state index contributed by atoms with van der Waals surface area (Å²) in [7, 11) is -1.89. The van der Waals surface area contributed by atoms with Crippen LogP contribution in [-0.4, -0.2) is 56.6 Å². The Morgan fingerprint density at radius 1 is 1.13 bits per heavy atom. The number of sulfonamides is 1. The first kappa shape index (κ1) is 26.4. The van der Waals surface area contributed by atoms with Crippen LogP contribution < -0.4 is 10.6 Å². The van der Waals surface area contributed by atoms with Gasteiger partial charge in [-0.05, 0) is 63.1 Å². The molecular formula is C22H40N4O3S. The predicted octanol–water partition coefficient (Wildman–Crippen LogP) is 2.96. The highest BCUT2D eigenvalue weighted by Gasteiger charge is 2.26. The largest absolute Gasteiger partial charge is 0.396 e. The summed E-state index contributed by atoms with van der Waals surface area (Å²) >= 11 is 0. The minimum atomic E-state index is -3.48. The highest BCUT2D eigenvalue weighted by molar-refractivity contribution is 7.89. The second-order valence-electron chi connectivity index (χ2n) is 7.99. The van der Waals surface area contributed by atoms with Gasteiger partial charge in [0.15, 0.2) is 5.96 Å². The van der Waals surface area contributed by atoms with E-state index in [-0.39, 0.29) is 23.0 Å². The fourth-order valence-corrected chi connectivity index (χ4v) is 4.54. The van der Waals surface area contributed by atoms with Gasteiger partial charge >= 0.3 is 0 Å². The van der Waals surface area contributed by atoms with Crippen LogP contribution in [0.4, 0.5) is 0 Å². The van der Waals surface area contributed by atoms with E-state index >= 15 is 0 Å². The summed E-state index contributed by atoms with van der Waals surface area (Å²) < 4.78 is 26.5. The summed E-state index contributed by atoms with van der Waals surface area (Å²) in [6.45, 7) is 12.1. The Morgan fingerprint density at radius 3 is 2.20 bits per heavy atom. The Balaban J connectivity index is 2.88. The molecule has 0 aromatic heterocycles. The molecule has 0 unspecified atom stereocenters. The lowest BCUT2D eigenvalue weighted by Crippen LogP contribution is -2.43. The van der Waals surface area contributed by atoms with Crippen molar-refractivity contribution in [3.8, 4) is 0 Å². The van der Waals surface area contributed by atoms with E-state index in [1.165, 1.54) is 4.31 Å². The van der Waals surface area contributed by atoms with Crippen molar-refractivity contribution in [3.63, 3.8) is 0 Å². The number of aliphatic hydroxyl groups is 1. The van der Waals surface area contributed by atoms with Crippen LogP contribution in [0.25, 0.3) is 0 Å². The maximum absolute atomic E-state index is 12.6. The molecule has 7 nitrogen and oxygen atoms in total. The molecule has 0 amide bonds. The zero-order valence-corrected chi connectivity index (χ0v) is 20.2. The Hall–Kier alpha value is -1.64. The fraction of sp³-hybridized carbons (Fsp3) is 0.682. The first-order valence-electron chi connectivity index (χ1n) is 10.9. The highest BCUT2D eigenvalue weighted by atomic mass is 32.2. The Morgan fingerprint density at radius 2 is 1.73 bits per heavy atom. The van der Waals surface area contributed by atoms with E-state index < -0.39 is 10.0 Å². The van der Waals surface area contributed by atoms with Gasteiger partial charge in [-0.1, -0.05) is 26.0 Å². The van der Waals surface area contributed by atoms with Crippen LogP contribution in [0.5, 0.6) is 0 Å². The summed E-state index contributed by atoms with van der Waals surface area (Å²) in [6.07, 6.45) is 2.72. The lowest BCUT2D eigenvalue weighted by atomic mass is 9.79. The van der Waals surface area contributed by atoms with E-state index in [4.69, 9.17) is 0 Å². The summed E-state index contributed by atoms with van der Waals surface area (Å²) in [6, 6.07) is 6.79. The lowest BCUT2D eigenvalue weighted by Gasteiger charge is -2.32. The molecule has 0 aliphatic rings. The molecule has 1 aromatic rings. The van der Waals surface area contributed by atoms with Gasteiger partial charge in [-0.3, -0.25) is 0 Å². The quantitative estimate of drug-likeness (QED) is 0.343. The number of hydrogen-bond donors (Lipinski definition) is 3. The molecule has 30 heavy (non-hydrogen) atoms. The number of rotatable bonds is 12. The van der Waals surface area contributed by atoms with Gasteiger partial charge in [-0.2, -0.15) is 4.31 Å². The van der Waals surface area contributed by atoms with Gasteiger partial charge in [-0.25, -0.2) is 13.4 Å². The SMILES string of the molecule is CCNC(=NCc1ccc(S(=O)(=O)N(C)C(C)C)cc1)NCC(CC)(CC)CCO. The zero-order chi connectivity index (χ0) is 22.8. The minimum absolute atomic E-state index is 0.0450. The molecule has 0 radical (unpaired) electrons. The van der Waals surface area contributed by atoms with E-state index in [9.17, 15) is 13.5 Å². The van der Waals surface area contributed by atoms with Crippen molar-refractivity contribution in [2.24, 2.45) is 10.4 Å². The topological polar surface area (TPSA) is 94.0 Å². The van der Waals surface area contributed by atoms with Crippen molar-refractivity contribution < 1.29 is 13.5 Å². The van der Waals surface area contributed by atoms with Crippen molar-refractivity contribution in [2.75, 3.05) is 26.7 Å². The molecule has 3 N–H and O–H groups in total. The number of aliphatic hydroxyl groups excluding tert-OH is 1. The molecule has 0 heterocycles. The molecule has 1 aromatic carbocycles. The molecule has 0 fully saturated rings. The van der Waals surface area contributed by atoms with Crippen LogP contribution in [0.1, 0.15) is 59.4 Å². The van der Waals surface area contributed by atoms with Gasteiger partial charge in [0, 0.05) is 32.8 Å². The van der Waals surface area contributed by atoms with E-state index in [1.54, 1.807) is 19.2 Å².